The molecule has 2 fully saturated rings. The van der Waals surface area contributed by atoms with Crippen LogP contribution in [0.2, 0.25) is 0 Å². The van der Waals surface area contributed by atoms with Crippen LogP contribution in [0.25, 0.3) is 33.4 Å². The third-order valence-corrected chi connectivity index (χ3v) is 11.1. The molecule has 8 rings (SSSR count). The number of anilines is 1. The summed E-state index contributed by atoms with van der Waals surface area (Å²) in [5, 5.41) is 11.3. The SMILES string of the molecule is COc1ccccc1[C@H]1[C@@H]2CN(c3cc(-c4cc5c(-c6cc(F)c7c(c6C)CCCO7)c([C@H](OC(C)(C)C)C(=O)O)c(C)nc5n4C)ccn3)C[C@@H]21. The minimum absolute atomic E-state index is 0.281. The molecule has 0 radical (unpaired) electrons. The van der Waals surface area contributed by atoms with Crippen molar-refractivity contribution >= 4 is 22.8 Å². The number of carbonyl (C=O) groups is 1. The molecule has 0 bridgehead atoms. The molecular weight excluding hydrogens is 659 g/mol. The van der Waals surface area contributed by atoms with Crippen molar-refractivity contribution in [2.75, 3.05) is 31.7 Å². The molecule has 1 saturated heterocycles. The van der Waals surface area contributed by atoms with E-state index in [2.05, 4.69) is 23.1 Å². The molecule has 1 aliphatic carbocycles. The van der Waals surface area contributed by atoms with Crippen molar-refractivity contribution in [3.05, 3.63) is 88.5 Å². The molecule has 1 N–H and O–H groups in total. The molecule has 9 nitrogen and oxygen atoms in total. The van der Waals surface area contributed by atoms with Crippen molar-refractivity contribution < 1.29 is 28.5 Å². The molecular formula is C42H45FN4O5. The summed E-state index contributed by atoms with van der Waals surface area (Å²) >= 11 is 0. The lowest BCUT2D eigenvalue weighted by Crippen LogP contribution is -2.28. The maximum atomic E-state index is 15.9. The molecule has 0 unspecified atom stereocenters. The second kappa shape index (κ2) is 12.6. The first-order valence-corrected chi connectivity index (χ1v) is 18.1. The topological polar surface area (TPSA) is 98.9 Å². The Morgan fingerprint density at radius 1 is 1.10 bits per heavy atom. The van der Waals surface area contributed by atoms with Gasteiger partial charge in [-0.15, -0.1) is 0 Å². The highest BCUT2D eigenvalue weighted by Crippen LogP contribution is 2.60. The van der Waals surface area contributed by atoms with Crippen molar-refractivity contribution in [3.63, 3.8) is 0 Å². The van der Waals surface area contributed by atoms with Crippen LogP contribution in [0.4, 0.5) is 10.2 Å². The molecule has 270 valence electrons. The van der Waals surface area contributed by atoms with Gasteiger partial charge in [-0.25, -0.2) is 19.2 Å². The number of rotatable bonds is 8. The summed E-state index contributed by atoms with van der Waals surface area (Å²) in [6.07, 6.45) is 1.96. The highest BCUT2D eigenvalue weighted by atomic mass is 19.1. The molecule has 5 heterocycles. The maximum absolute atomic E-state index is 15.9. The standard InChI is InChI=1S/C42H45FN4O5/c1-22-25-12-10-16-51-38(25)31(43)18-27(22)37-28-19-32(46(6)40(28)45-23(2)35(37)39(41(48)49)52-42(3,4)5)24-14-15-44-34(17-24)47-20-29-30(21-47)36(29)26-11-8-9-13-33(26)50-7/h8-9,11,13-15,17-19,29-30,36,39H,10,12,16,20-21H2,1-7H3,(H,48,49)/t29-,30+,36+,39-/m0/s1. The first-order chi connectivity index (χ1) is 24.9. The van der Waals surface area contributed by atoms with Crippen LogP contribution in [-0.2, 0) is 23.0 Å². The Hall–Kier alpha value is -4.96. The van der Waals surface area contributed by atoms with Crippen LogP contribution >= 0.6 is 0 Å². The summed E-state index contributed by atoms with van der Waals surface area (Å²) in [5.41, 5.74) is 6.86. The van der Waals surface area contributed by atoms with Gasteiger partial charge in [0.25, 0.3) is 0 Å². The second-order valence-corrected chi connectivity index (χ2v) is 15.5. The fourth-order valence-electron chi connectivity index (χ4n) is 8.72. The molecule has 4 atom stereocenters. The van der Waals surface area contributed by atoms with Gasteiger partial charge in [-0.3, -0.25) is 0 Å². The highest BCUT2D eigenvalue weighted by Gasteiger charge is 2.57. The van der Waals surface area contributed by atoms with Gasteiger partial charge in [0.2, 0.25) is 0 Å². The Labute approximate surface area is 303 Å². The molecule has 1 saturated carbocycles. The van der Waals surface area contributed by atoms with Gasteiger partial charge in [0.05, 0.1) is 25.0 Å². The lowest BCUT2D eigenvalue weighted by Gasteiger charge is -2.29. The summed E-state index contributed by atoms with van der Waals surface area (Å²) < 4.78 is 35.6. The number of nitrogens with zero attached hydrogens (tertiary/aromatic N) is 4. The monoisotopic (exact) mass is 704 g/mol. The number of pyridine rings is 2. The van der Waals surface area contributed by atoms with Crippen LogP contribution in [-0.4, -0.2) is 58.0 Å². The van der Waals surface area contributed by atoms with Crippen molar-refractivity contribution in [2.24, 2.45) is 18.9 Å². The van der Waals surface area contributed by atoms with Gasteiger partial charge in [-0.2, -0.15) is 0 Å². The van der Waals surface area contributed by atoms with Crippen molar-refractivity contribution in [3.8, 4) is 33.9 Å². The zero-order chi connectivity index (χ0) is 36.6. The fraction of sp³-hybridized carbons (Fsp3) is 0.405. The number of fused-ring (bicyclic) bond motifs is 3. The number of halogens is 1. The Kier molecular flexibility index (Phi) is 8.28. The van der Waals surface area contributed by atoms with Crippen LogP contribution in [0.15, 0.2) is 54.7 Å². The Morgan fingerprint density at radius 2 is 1.85 bits per heavy atom. The van der Waals surface area contributed by atoms with Crippen molar-refractivity contribution in [1.82, 2.24) is 14.5 Å². The normalized spacial score (nSPS) is 20.0. The minimum Gasteiger partial charge on any atom is -0.496 e. The maximum Gasteiger partial charge on any atom is 0.337 e. The van der Waals surface area contributed by atoms with Gasteiger partial charge >= 0.3 is 5.97 Å². The predicted octanol–water partition coefficient (Wildman–Crippen LogP) is 8.18. The molecule has 2 aromatic carbocycles. The van der Waals surface area contributed by atoms with Gasteiger partial charge in [-0.1, -0.05) is 18.2 Å². The lowest BCUT2D eigenvalue weighted by molar-refractivity contribution is -0.160. The zero-order valence-electron chi connectivity index (χ0n) is 30.8. The van der Waals surface area contributed by atoms with E-state index in [4.69, 9.17) is 24.2 Å². The van der Waals surface area contributed by atoms with E-state index < -0.39 is 23.5 Å². The molecule has 2 aliphatic heterocycles. The summed E-state index contributed by atoms with van der Waals surface area (Å²) in [5.74, 6) is 2.16. The van der Waals surface area contributed by atoms with E-state index in [0.29, 0.717) is 58.8 Å². The van der Waals surface area contributed by atoms with Crippen LogP contribution in [0.1, 0.15) is 67.2 Å². The molecule has 3 aliphatic rings. The number of para-hydroxylation sites is 1. The van der Waals surface area contributed by atoms with Crippen LogP contribution in [0.5, 0.6) is 11.5 Å². The van der Waals surface area contributed by atoms with Gasteiger partial charge < -0.3 is 28.8 Å². The lowest BCUT2D eigenvalue weighted by atomic mass is 9.86. The van der Waals surface area contributed by atoms with Gasteiger partial charge in [0.1, 0.15) is 17.2 Å². The third kappa shape index (κ3) is 5.68. The summed E-state index contributed by atoms with van der Waals surface area (Å²) in [6, 6.07) is 16.0. The highest BCUT2D eigenvalue weighted by molar-refractivity contribution is 6.01. The average Bonchev–Trinajstić information content (AvgIpc) is 3.42. The van der Waals surface area contributed by atoms with E-state index in [-0.39, 0.29) is 5.75 Å². The number of carboxylic acid groups (broad SMARTS) is 1. The van der Waals surface area contributed by atoms with Crippen LogP contribution < -0.4 is 14.4 Å². The first kappa shape index (κ1) is 34.1. The number of methoxy groups -OCH3 is 1. The molecule has 5 aromatic rings. The van der Waals surface area contributed by atoms with Gasteiger partial charge in [0.15, 0.2) is 17.7 Å². The van der Waals surface area contributed by atoms with E-state index in [9.17, 15) is 9.90 Å². The summed E-state index contributed by atoms with van der Waals surface area (Å²) in [4.78, 5) is 25.1. The Bertz CT molecular complexity index is 2230. The number of piperidine rings is 1. The largest absolute Gasteiger partial charge is 0.496 e. The predicted molar refractivity (Wildman–Crippen MR) is 199 cm³/mol. The molecule has 3 aromatic heterocycles. The van der Waals surface area contributed by atoms with E-state index in [1.54, 1.807) is 7.11 Å². The number of ether oxygens (including phenoxy) is 3. The summed E-state index contributed by atoms with van der Waals surface area (Å²) in [6.45, 7) is 11.6. The second-order valence-electron chi connectivity index (χ2n) is 15.5. The molecule has 0 amide bonds. The molecule has 0 spiro atoms. The van der Waals surface area contributed by atoms with E-state index in [0.717, 1.165) is 58.8 Å². The summed E-state index contributed by atoms with van der Waals surface area (Å²) in [7, 11) is 3.70. The Balaban J connectivity index is 1.23. The molecule has 10 heteroatoms. The smallest absolute Gasteiger partial charge is 0.337 e. The number of aliphatic carboxylic acids is 1. The third-order valence-electron chi connectivity index (χ3n) is 11.1. The van der Waals surface area contributed by atoms with Gasteiger partial charge in [0, 0.05) is 59.7 Å². The first-order valence-electron chi connectivity index (χ1n) is 18.1. The average molecular weight is 705 g/mol. The van der Waals surface area contributed by atoms with Crippen molar-refractivity contribution in [2.45, 2.75) is 65.1 Å². The zero-order valence-corrected chi connectivity index (χ0v) is 30.8. The van der Waals surface area contributed by atoms with Crippen LogP contribution in [0.3, 0.4) is 0 Å². The van der Waals surface area contributed by atoms with Crippen molar-refractivity contribution in [1.29, 1.82) is 0 Å². The van der Waals surface area contributed by atoms with E-state index in [1.807, 2.05) is 76.7 Å². The number of benzene rings is 2. The van der Waals surface area contributed by atoms with E-state index >= 15 is 4.39 Å². The van der Waals surface area contributed by atoms with Gasteiger partial charge in [-0.05, 0) is 112 Å². The minimum atomic E-state index is -1.33. The number of hydrogen-bond acceptors (Lipinski definition) is 7. The number of aryl methyl sites for hydroxylation is 2. The van der Waals surface area contributed by atoms with E-state index in [1.165, 1.54) is 11.6 Å². The van der Waals surface area contributed by atoms with Crippen LogP contribution in [0, 0.1) is 31.5 Å². The fourth-order valence-corrected chi connectivity index (χ4v) is 8.72. The Morgan fingerprint density at radius 3 is 2.56 bits per heavy atom. The number of carboxylic acids is 1. The quantitative estimate of drug-likeness (QED) is 0.173. The number of aromatic nitrogens is 3. The molecule has 52 heavy (non-hydrogen) atoms. The number of hydrogen-bond donors (Lipinski definition) is 1.